The van der Waals surface area contributed by atoms with Gasteiger partial charge in [0.05, 0.1) is 5.02 Å². The summed E-state index contributed by atoms with van der Waals surface area (Å²) in [6.07, 6.45) is -0.606. The number of ether oxygens (including phenoxy) is 1. The maximum atomic E-state index is 11.2. The van der Waals surface area contributed by atoms with Gasteiger partial charge in [-0.2, -0.15) is 0 Å². The highest BCUT2D eigenvalue weighted by atomic mass is 35.5. The summed E-state index contributed by atoms with van der Waals surface area (Å²) in [5.41, 5.74) is 0. The van der Waals surface area contributed by atoms with E-state index in [1.807, 2.05) is 0 Å². The van der Waals surface area contributed by atoms with Gasteiger partial charge in [0.1, 0.15) is 10.8 Å². The van der Waals surface area contributed by atoms with E-state index in [0.717, 1.165) is 0 Å². The second-order valence-corrected chi connectivity index (χ2v) is 3.71. The van der Waals surface area contributed by atoms with Crippen LogP contribution in [0.3, 0.4) is 0 Å². The number of halogens is 2. The third kappa shape index (κ3) is 3.01. The van der Waals surface area contributed by atoms with Crippen LogP contribution in [0.25, 0.3) is 0 Å². The number of carbonyl (C=O) groups is 1. The predicted octanol–water partition coefficient (Wildman–Crippen LogP) is 2.51. The molecule has 0 aliphatic carbocycles. The van der Waals surface area contributed by atoms with Crippen LogP contribution in [0.1, 0.15) is 6.92 Å². The summed E-state index contributed by atoms with van der Waals surface area (Å²) in [6.45, 7) is 1.63. The molecule has 1 unspecified atom stereocenters. The number of hydrogen-bond acceptors (Lipinski definition) is 2. The van der Waals surface area contributed by atoms with E-state index >= 15 is 0 Å². The van der Waals surface area contributed by atoms with Crippen molar-refractivity contribution in [2.75, 3.05) is 7.05 Å². The summed E-state index contributed by atoms with van der Waals surface area (Å²) in [4.78, 5) is 11.2. The Labute approximate surface area is 98.3 Å². The molecular formula is C10H11Cl2NO2. The second-order valence-electron chi connectivity index (χ2n) is 2.93. The molecule has 0 saturated heterocycles. The molecule has 0 fully saturated rings. The van der Waals surface area contributed by atoms with Gasteiger partial charge in [-0.05, 0) is 19.1 Å². The molecule has 0 aliphatic rings. The predicted molar refractivity (Wildman–Crippen MR) is 60.6 cm³/mol. The quantitative estimate of drug-likeness (QED) is 0.892. The van der Waals surface area contributed by atoms with Gasteiger partial charge in [-0.15, -0.1) is 0 Å². The normalized spacial score (nSPS) is 12.0. The smallest absolute Gasteiger partial charge is 0.260 e. The van der Waals surface area contributed by atoms with Crippen LogP contribution < -0.4 is 10.1 Å². The van der Waals surface area contributed by atoms with Crippen molar-refractivity contribution in [3.63, 3.8) is 0 Å². The largest absolute Gasteiger partial charge is 0.479 e. The Hall–Kier alpha value is -0.930. The first-order chi connectivity index (χ1) is 7.06. The van der Waals surface area contributed by atoms with Crippen molar-refractivity contribution in [2.24, 2.45) is 0 Å². The summed E-state index contributed by atoms with van der Waals surface area (Å²) in [6, 6.07) is 5.02. The van der Waals surface area contributed by atoms with Crippen LogP contribution in [-0.4, -0.2) is 19.1 Å². The highest BCUT2D eigenvalue weighted by molar-refractivity contribution is 6.42. The van der Waals surface area contributed by atoms with Crippen LogP contribution in [-0.2, 0) is 4.79 Å². The molecule has 0 saturated carbocycles. The first-order valence-electron chi connectivity index (χ1n) is 4.38. The summed E-state index contributed by atoms with van der Waals surface area (Å²) in [7, 11) is 1.54. The van der Waals surface area contributed by atoms with Crippen molar-refractivity contribution in [3.05, 3.63) is 28.2 Å². The molecular weight excluding hydrogens is 237 g/mol. The lowest BCUT2D eigenvalue weighted by atomic mass is 10.3. The lowest BCUT2D eigenvalue weighted by Crippen LogP contribution is -2.33. The Balaban J connectivity index is 2.81. The van der Waals surface area contributed by atoms with Gasteiger partial charge in [-0.1, -0.05) is 29.3 Å². The van der Waals surface area contributed by atoms with Crippen molar-refractivity contribution >= 4 is 29.1 Å². The van der Waals surface area contributed by atoms with Gasteiger partial charge in [0.25, 0.3) is 5.91 Å². The summed E-state index contributed by atoms with van der Waals surface area (Å²) < 4.78 is 5.35. The molecule has 1 atom stereocenters. The standard InChI is InChI=1S/C10H11Cl2NO2/c1-6(10(14)13-2)15-8-5-3-4-7(11)9(8)12/h3-6H,1-2H3,(H,13,14). The number of carbonyl (C=O) groups excluding carboxylic acids is 1. The third-order valence-electron chi connectivity index (χ3n) is 1.84. The minimum Gasteiger partial charge on any atom is -0.479 e. The van der Waals surface area contributed by atoms with Crippen molar-refractivity contribution in [1.82, 2.24) is 5.32 Å². The van der Waals surface area contributed by atoms with Gasteiger partial charge in [-0.3, -0.25) is 4.79 Å². The van der Waals surface area contributed by atoms with Gasteiger partial charge in [0.15, 0.2) is 6.10 Å². The van der Waals surface area contributed by atoms with Crippen molar-refractivity contribution < 1.29 is 9.53 Å². The Bertz CT molecular complexity index is 368. The zero-order valence-electron chi connectivity index (χ0n) is 8.38. The molecule has 0 aliphatic heterocycles. The van der Waals surface area contributed by atoms with E-state index in [1.165, 1.54) is 0 Å². The van der Waals surface area contributed by atoms with Gasteiger partial charge in [0, 0.05) is 7.05 Å². The maximum absolute atomic E-state index is 11.2. The highest BCUT2D eigenvalue weighted by Crippen LogP contribution is 2.31. The highest BCUT2D eigenvalue weighted by Gasteiger charge is 2.15. The first-order valence-corrected chi connectivity index (χ1v) is 5.14. The molecule has 82 valence electrons. The number of benzene rings is 1. The van der Waals surface area contributed by atoms with Gasteiger partial charge < -0.3 is 10.1 Å². The van der Waals surface area contributed by atoms with Crippen molar-refractivity contribution in [2.45, 2.75) is 13.0 Å². The van der Waals surface area contributed by atoms with E-state index in [2.05, 4.69) is 5.32 Å². The molecule has 0 aromatic heterocycles. The fourth-order valence-electron chi connectivity index (χ4n) is 1.02. The zero-order chi connectivity index (χ0) is 11.4. The van der Waals surface area contributed by atoms with E-state index in [-0.39, 0.29) is 5.91 Å². The van der Waals surface area contributed by atoms with Crippen LogP contribution in [0.15, 0.2) is 18.2 Å². The average Bonchev–Trinajstić information content (AvgIpc) is 2.23. The fraction of sp³-hybridized carbons (Fsp3) is 0.300. The van der Waals surface area contributed by atoms with E-state index in [4.69, 9.17) is 27.9 Å². The lowest BCUT2D eigenvalue weighted by Gasteiger charge is -2.14. The van der Waals surface area contributed by atoms with Gasteiger partial charge in [-0.25, -0.2) is 0 Å². The average molecular weight is 248 g/mol. The Morgan fingerprint density at radius 1 is 1.47 bits per heavy atom. The summed E-state index contributed by atoms with van der Waals surface area (Å²) >= 11 is 11.7. The number of hydrogen-bond donors (Lipinski definition) is 1. The van der Waals surface area contributed by atoms with Crippen LogP contribution >= 0.6 is 23.2 Å². The van der Waals surface area contributed by atoms with E-state index in [1.54, 1.807) is 32.2 Å². The number of likely N-dealkylation sites (N-methyl/N-ethyl adjacent to an activating group) is 1. The first kappa shape index (κ1) is 12.1. The molecule has 1 aromatic rings. The number of nitrogens with one attached hydrogen (secondary N) is 1. The molecule has 5 heteroatoms. The van der Waals surface area contributed by atoms with Crippen molar-refractivity contribution in [3.8, 4) is 5.75 Å². The Kier molecular flexibility index (Phi) is 4.24. The fourth-order valence-corrected chi connectivity index (χ4v) is 1.36. The minimum absolute atomic E-state index is 0.217. The Morgan fingerprint density at radius 2 is 2.13 bits per heavy atom. The molecule has 0 spiro atoms. The van der Waals surface area contributed by atoms with Crippen LogP contribution in [0.5, 0.6) is 5.75 Å². The van der Waals surface area contributed by atoms with E-state index in [0.29, 0.717) is 15.8 Å². The second kappa shape index (κ2) is 5.24. The van der Waals surface area contributed by atoms with E-state index in [9.17, 15) is 4.79 Å². The molecule has 0 heterocycles. The summed E-state index contributed by atoms with van der Waals surface area (Å²) in [5, 5.41) is 3.19. The number of amides is 1. The lowest BCUT2D eigenvalue weighted by molar-refractivity contribution is -0.126. The topological polar surface area (TPSA) is 38.3 Å². The Morgan fingerprint density at radius 3 is 2.73 bits per heavy atom. The molecule has 3 nitrogen and oxygen atoms in total. The zero-order valence-corrected chi connectivity index (χ0v) is 9.89. The molecule has 0 radical (unpaired) electrons. The van der Waals surface area contributed by atoms with Gasteiger partial charge in [0.2, 0.25) is 0 Å². The van der Waals surface area contributed by atoms with Gasteiger partial charge >= 0.3 is 0 Å². The molecule has 1 aromatic carbocycles. The van der Waals surface area contributed by atoms with Crippen molar-refractivity contribution in [1.29, 1.82) is 0 Å². The summed E-state index contributed by atoms with van der Waals surface area (Å²) in [5.74, 6) is 0.186. The monoisotopic (exact) mass is 247 g/mol. The maximum Gasteiger partial charge on any atom is 0.260 e. The molecule has 0 bridgehead atoms. The molecule has 1 N–H and O–H groups in total. The van der Waals surface area contributed by atoms with E-state index < -0.39 is 6.10 Å². The minimum atomic E-state index is -0.606. The molecule has 1 rings (SSSR count). The third-order valence-corrected chi connectivity index (χ3v) is 2.64. The SMILES string of the molecule is CNC(=O)C(C)Oc1cccc(Cl)c1Cl. The van der Waals surface area contributed by atoms with Crippen LogP contribution in [0, 0.1) is 0 Å². The van der Waals surface area contributed by atoms with Crippen LogP contribution in [0.4, 0.5) is 0 Å². The number of rotatable bonds is 3. The molecule has 1 amide bonds. The molecule has 15 heavy (non-hydrogen) atoms. The van der Waals surface area contributed by atoms with Crippen LogP contribution in [0.2, 0.25) is 10.0 Å².